The van der Waals surface area contributed by atoms with Crippen LogP contribution in [0.25, 0.3) is 10.8 Å². The van der Waals surface area contributed by atoms with Gasteiger partial charge in [0.25, 0.3) is 5.23 Å². The summed E-state index contributed by atoms with van der Waals surface area (Å²) in [5, 5.41) is 3.04. The number of methoxy groups -OCH3 is 1. The van der Waals surface area contributed by atoms with Crippen LogP contribution in [0.2, 0.25) is 0 Å². The van der Waals surface area contributed by atoms with Gasteiger partial charge in [-0.3, -0.25) is 0 Å². The molecule has 0 spiro atoms. The summed E-state index contributed by atoms with van der Waals surface area (Å²) in [4.78, 5) is 4.58. The third-order valence-corrected chi connectivity index (χ3v) is 4.64. The normalized spacial score (nSPS) is 11.8. The van der Waals surface area contributed by atoms with E-state index in [2.05, 4.69) is 30.1 Å². The van der Waals surface area contributed by atoms with Gasteiger partial charge in [0.2, 0.25) is 0 Å². The van der Waals surface area contributed by atoms with E-state index in [1.54, 1.807) is 28.7 Å². The van der Waals surface area contributed by atoms with Crippen LogP contribution in [0.3, 0.4) is 0 Å². The van der Waals surface area contributed by atoms with Crippen molar-refractivity contribution >= 4 is 43.3 Å². The molecule has 2 aromatic carbocycles. The zero-order valence-corrected chi connectivity index (χ0v) is 12.1. The molecular formula is C14H15NOS2. The molecule has 2 rings (SSSR count). The van der Waals surface area contributed by atoms with Gasteiger partial charge in [-0.25, -0.2) is 4.99 Å². The number of nitrogens with zero attached hydrogens (tertiary/aromatic N) is 1. The number of aliphatic imine (C=N–C) groups is 1. The molecule has 0 aromatic heterocycles. The highest BCUT2D eigenvalue weighted by Crippen LogP contribution is 2.29. The van der Waals surface area contributed by atoms with E-state index in [4.69, 9.17) is 4.74 Å². The predicted molar refractivity (Wildman–Crippen MR) is 83.8 cm³/mol. The Balaban J connectivity index is 2.37. The van der Waals surface area contributed by atoms with Crippen molar-refractivity contribution in [2.45, 2.75) is 6.92 Å². The molecule has 0 N–H and O–H groups in total. The fourth-order valence-electron chi connectivity index (χ4n) is 1.61. The van der Waals surface area contributed by atoms with Gasteiger partial charge < -0.3 is 4.74 Å². The summed E-state index contributed by atoms with van der Waals surface area (Å²) < 4.78 is 5.30. The zero-order valence-electron chi connectivity index (χ0n) is 10.4. The fraction of sp³-hybridized carbons (Fsp3) is 0.214. The summed E-state index contributed by atoms with van der Waals surface area (Å²) in [5.74, 6) is 1.03. The molecule has 0 aliphatic rings. The lowest BCUT2D eigenvalue weighted by Gasteiger charge is -2.05. The average molecular weight is 277 g/mol. The van der Waals surface area contributed by atoms with Crippen molar-refractivity contribution < 1.29 is 4.74 Å². The smallest absolute Gasteiger partial charge is 0.261 e. The second kappa shape index (κ2) is 6.71. The van der Waals surface area contributed by atoms with E-state index in [9.17, 15) is 0 Å². The van der Waals surface area contributed by atoms with E-state index in [0.717, 1.165) is 16.8 Å². The highest BCUT2D eigenvalue weighted by atomic mass is 33.1. The van der Waals surface area contributed by atoms with Gasteiger partial charge in [0.15, 0.2) is 0 Å². The Hall–Kier alpha value is -1.13. The summed E-state index contributed by atoms with van der Waals surface area (Å²) in [6.07, 6.45) is 0. The standard InChI is InChI=1S/C14H15NOS2/c1-3-17-18-14(16-2)15-13-10-6-8-11-7-4-5-9-12(11)13/h4-10H,3H2,1-2H3. The van der Waals surface area contributed by atoms with Crippen LogP contribution in [0.15, 0.2) is 47.5 Å². The molecule has 2 nitrogen and oxygen atoms in total. The van der Waals surface area contributed by atoms with Gasteiger partial charge in [-0.15, -0.1) is 0 Å². The quantitative estimate of drug-likeness (QED) is 0.453. The largest absolute Gasteiger partial charge is 0.476 e. The van der Waals surface area contributed by atoms with Gasteiger partial charge in [0.05, 0.1) is 12.8 Å². The van der Waals surface area contributed by atoms with Gasteiger partial charge in [-0.05, 0) is 11.5 Å². The number of benzene rings is 2. The minimum atomic E-state index is 0.693. The molecule has 0 aliphatic heterocycles. The summed E-state index contributed by atoms with van der Waals surface area (Å²) >= 11 is 0. The molecule has 0 atom stereocenters. The van der Waals surface area contributed by atoms with Crippen molar-refractivity contribution in [1.29, 1.82) is 0 Å². The molecule has 0 saturated carbocycles. The molecule has 18 heavy (non-hydrogen) atoms. The first-order valence-corrected chi connectivity index (χ1v) is 8.07. The van der Waals surface area contributed by atoms with Gasteiger partial charge in [-0.1, -0.05) is 54.1 Å². The highest BCUT2D eigenvalue weighted by molar-refractivity contribution is 8.82. The van der Waals surface area contributed by atoms with Crippen LogP contribution in [0, 0.1) is 0 Å². The lowest BCUT2D eigenvalue weighted by molar-refractivity contribution is 0.417. The van der Waals surface area contributed by atoms with Crippen LogP contribution in [0.4, 0.5) is 5.69 Å². The fourth-order valence-corrected chi connectivity index (χ4v) is 3.01. The third kappa shape index (κ3) is 3.21. The molecule has 0 saturated heterocycles. The second-order valence-corrected chi connectivity index (χ2v) is 6.11. The summed E-state index contributed by atoms with van der Waals surface area (Å²) in [7, 11) is 4.96. The van der Waals surface area contributed by atoms with Crippen LogP contribution in [-0.2, 0) is 4.74 Å². The molecule has 0 amide bonds. The molecule has 0 unspecified atom stereocenters. The van der Waals surface area contributed by atoms with E-state index in [-0.39, 0.29) is 0 Å². The zero-order chi connectivity index (χ0) is 12.8. The Morgan fingerprint density at radius 1 is 1.17 bits per heavy atom. The van der Waals surface area contributed by atoms with E-state index in [0.29, 0.717) is 5.23 Å². The number of hydrogen-bond donors (Lipinski definition) is 0. The molecular weight excluding hydrogens is 262 g/mol. The molecule has 0 heterocycles. The van der Waals surface area contributed by atoms with Crippen molar-refractivity contribution in [2.24, 2.45) is 4.99 Å². The Morgan fingerprint density at radius 2 is 1.94 bits per heavy atom. The summed E-state index contributed by atoms with van der Waals surface area (Å²) in [6, 6.07) is 14.4. The first kappa shape index (κ1) is 13.3. The molecule has 0 radical (unpaired) electrons. The number of fused-ring (bicyclic) bond motifs is 1. The topological polar surface area (TPSA) is 21.6 Å². The highest BCUT2D eigenvalue weighted by Gasteiger charge is 2.03. The Labute approximate surface area is 115 Å². The van der Waals surface area contributed by atoms with Crippen LogP contribution < -0.4 is 0 Å². The minimum Gasteiger partial charge on any atom is -0.476 e. The predicted octanol–water partition coefficient (Wildman–Crippen LogP) is 4.88. The SMILES string of the molecule is CCSSC(=Nc1cccc2ccccc12)OC. The van der Waals surface area contributed by atoms with E-state index in [1.165, 1.54) is 5.39 Å². The summed E-state index contributed by atoms with van der Waals surface area (Å²) in [5.41, 5.74) is 0.953. The van der Waals surface area contributed by atoms with Crippen molar-refractivity contribution in [1.82, 2.24) is 0 Å². The van der Waals surface area contributed by atoms with Gasteiger partial charge in [0.1, 0.15) is 0 Å². The maximum absolute atomic E-state index is 5.30. The van der Waals surface area contributed by atoms with E-state index < -0.39 is 0 Å². The molecule has 2 aromatic rings. The van der Waals surface area contributed by atoms with Gasteiger partial charge >= 0.3 is 0 Å². The monoisotopic (exact) mass is 277 g/mol. The van der Waals surface area contributed by atoms with Gasteiger partial charge in [-0.2, -0.15) is 0 Å². The number of ether oxygens (including phenoxy) is 1. The second-order valence-electron chi connectivity index (χ2n) is 3.57. The van der Waals surface area contributed by atoms with Crippen molar-refractivity contribution in [3.8, 4) is 0 Å². The minimum absolute atomic E-state index is 0.693. The lowest BCUT2D eigenvalue weighted by Crippen LogP contribution is -1.92. The van der Waals surface area contributed by atoms with Gasteiger partial charge in [0, 0.05) is 21.9 Å². The number of hydrogen-bond acceptors (Lipinski definition) is 4. The lowest BCUT2D eigenvalue weighted by atomic mass is 10.1. The van der Waals surface area contributed by atoms with E-state index >= 15 is 0 Å². The molecule has 0 bridgehead atoms. The van der Waals surface area contributed by atoms with Crippen LogP contribution in [0.1, 0.15) is 6.92 Å². The van der Waals surface area contributed by atoms with Crippen molar-refractivity contribution in [2.75, 3.05) is 12.9 Å². The Morgan fingerprint density at radius 3 is 2.72 bits per heavy atom. The molecule has 0 fully saturated rings. The van der Waals surface area contributed by atoms with Crippen molar-refractivity contribution in [3.05, 3.63) is 42.5 Å². The summed E-state index contributed by atoms with van der Waals surface area (Å²) in [6.45, 7) is 2.11. The van der Waals surface area contributed by atoms with Crippen LogP contribution in [-0.4, -0.2) is 18.1 Å². The molecule has 0 aliphatic carbocycles. The average Bonchev–Trinajstić information content (AvgIpc) is 2.43. The maximum Gasteiger partial charge on any atom is 0.261 e. The van der Waals surface area contributed by atoms with Crippen molar-refractivity contribution in [3.63, 3.8) is 0 Å². The van der Waals surface area contributed by atoms with Crippen LogP contribution >= 0.6 is 21.6 Å². The van der Waals surface area contributed by atoms with E-state index in [1.807, 2.05) is 24.3 Å². The third-order valence-electron chi connectivity index (χ3n) is 2.40. The Bertz CT molecular complexity index is 549. The molecule has 94 valence electrons. The van der Waals surface area contributed by atoms with Crippen LogP contribution in [0.5, 0.6) is 0 Å². The number of rotatable bonds is 3. The maximum atomic E-state index is 5.30. The first-order valence-electron chi connectivity index (χ1n) is 5.75. The molecule has 4 heteroatoms. The first-order chi connectivity index (χ1) is 8.85. The Kier molecular flexibility index (Phi) is 4.96.